The largest absolute Gasteiger partial charge is 0.388 e. The van der Waals surface area contributed by atoms with Crippen molar-refractivity contribution in [1.29, 1.82) is 0 Å². The lowest BCUT2D eigenvalue weighted by Crippen LogP contribution is -2.33. The van der Waals surface area contributed by atoms with Crippen molar-refractivity contribution in [3.05, 3.63) is 111 Å². The van der Waals surface area contributed by atoms with Crippen molar-refractivity contribution in [2.24, 2.45) is 0 Å². The van der Waals surface area contributed by atoms with E-state index in [0.717, 1.165) is 42.7 Å². The van der Waals surface area contributed by atoms with E-state index < -0.39 is 0 Å². The van der Waals surface area contributed by atoms with Gasteiger partial charge in [0.1, 0.15) is 5.82 Å². The number of Topliss-reactive ketones (excluding diaryl/α,β-unsaturated/α-hetero) is 1. The van der Waals surface area contributed by atoms with Gasteiger partial charge >= 0.3 is 0 Å². The van der Waals surface area contributed by atoms with Gasteiger partial charge in [0.15, 0.2) is 5.78 Å². The summed E-state index contributed by atoms with van der Waals surface area (Å²) in [6.07, 6.45) is 11.2. The van der Waals surface area contributed by atoms with Crippen LogP contribution in [0.25, 0.3) is 11.1 Å². The lowest BCUT2D eigenvalue weighted by molar-refractivity contribution is 0.0281. The smallest absolute Gasteiger partial charge is 0.258 e. The van der Waals surface area contributed by atoms with Crippen LogP contribution in [0, 0.1) is 6.92 Å². The van der Waals surface area contributed by atoms with Crippen LogP contribution in [0.4, 0.5) is 11.5 Å². The van der Waals surface area contributed by atoms with E-state index in [1.807, 2.05) is 50.4 Å². The van der Waals surface area contributed by atoms with Crippen LogP contribution in [0.15, 0.2) is 83.9 Å². The Labute approximate surface area is 301 Å². The number of hydrogen-bond acceptors (Lipinski definition) is 7. The van der Waals surface area contributed by atoms with Crippen molar-refractivity contribution in [2.45, 2.75) is 78.9 Å². The average molecular weight is 702 g/mol. The van der Waals surface area contributed by atoms with Crippen molar-refractivity contribution < 1.29 is 14.3 Å². The highest BCUT2D eigenvalue weighted by Crippen LogP contribution is 2.20. The Balaban J connectivity index is 0.000000239. The fraction of sp³-hybridized carbons (Fsp3) is 0.400. The summed E-state index contributed by atoms with van der Waals surface area (Å²) in [4.78, 5) is 40.3. The summed E-state index contributed by atoms with van der Waals surface area (Å²) in [7, 11) is 1.82. The van der Waals surface area contributed by atoms with Gasteiger partial charge in [-0.1, -0.05) is 81.5 Å². The Kier molecular flexibility index (Phi) is 17.4. The van der Waals surface area contributed by atoms with Gasteiger partial charge in [-0.15, -0.1) is 0 Å². The maximum absolute atomic E-state index is 12.7. The third-order valence-electron chi connectivity index (χ3n) is 8.37. The number of unbranched alkanes of at least 4 members (excludes halogenated alkanes) is 3. The van der Waals surface area contributed by atoms with Gasteiger partial charge in [-0.25, -0.2) is 4.98 Å². The zero-order valence-electron chi connectivity index (χ0n) is 30.1. The third-order valence-corrected chi connectivity index (χ3v) is 8.59. The number of benzene rings is 2. The number of nitrogens with zero attached hydrogens (tertiary/aromatic N) is 2. The third kappa shape index (κ3) is 12.9. The Morgan fingerprint density at radius 3 is 2.28 bits per heavy atom. The number of anilines is 2. The number of carbonyl (C=O) groups excluding carboxylic acids is 2. The Bertz CT molecular complexity index is 1680. The Morgan fingerprint density at radius 2 is 1.68 bits per heavy atom. The predicted octanol–water partition coefficient (Wildman–Crippen LogP) is 8.41. The summed E-state index contributed by atoms with van der Waals surface area (Å²) >= 11 is 5.75. The maximum Gasteiger partial charge on any atom is 0.258 e. The van der Waals surface area contributed by atoms with Crippen molar-refractivity contribution in [1.82, 2.24) is 14.9 Å². The lowest BCUT2D eigenvalue weighted by atomic mass is 10.0. The van der Waals surface area contributed by atoms with E-state index in [2.05, 4.69) is 34.8 Å². The number of aromatic nitrogens is 2. The summed E-state index contributed by atoms with van der Waals surface area (Å²) < 4.78 is 7.58. The van der Waals surface area contributed by atoms with Gasteiger partial charge in [-0.05, 0) is 87.3 Å². The highest BCUT2D eigenvalue weighted by molar-refractivity contribution is 6.30. The van der Waals surface area contributed by atoms with Gasteiger partial charge in [0.2, 0.25) is 0 Å². The van der Waals surface area contributed by atoms with E-state index in [4.69, 9.17) is 16.3 Å². The normalized spacial score (nSPS) is 12.5. The molecule has 0 radical (unpaired) electrons. The molecule has 3 heterocycles. The van der Waals surface area contributed by atoms with Crippen LogP contribution in [0.5, 0.6) is 0 Å². The molecule has 1 saturated heterocycles. The number of rotatable bonds is 12. The minimum absolute atomic E-state index is 0.0204. The molecule has 4 aromatic rings. The topological polar surface area (TPSA) is 114 Å². The molecule has 0 saturated carbocycles. The summed E-state index contributed by atoms with van der Waals surface area (Å²) in [5.41, 5.74) is 4.52. The van der Waals surface area contributed by atoms with Crippen LogP contribution < -0.4 is 21.5 Å². The molecule has 2 aromatic heterocycles. The molecule has 10 heteroatoms. The Morgan fingerprint density at radius 1 is 0.980 bits per heavy atom. The molecular weight excluding hydrogens is 650 g/mol. The van der Waals surface area contributed by atoms with Gasteiger partial charge < -0.3 is 25.3 Å². The van der Waals surface area contributed by atoms with Crippen LogP contribution in [-0.2, 0) is 11.3 Å². The molecule has 268 valence electrons. The molecule has 0 bridgehead atoms. The fourth-order valence-electron chi connectivity index (χ4n) is 5.38. The van der Waals surface area contributed by atoms with Gasteiger partial charge in [0.05, 0.1) is 17.7 Å². The molecule has 1 fully saturated rings. The summed E-state index contributed by atoms with van der Waals surface area (Å²) in [6, 6.07) is 19.7. The molecule has 2 aromatic carbocycles. The van der Waals surface area contributed by atoms with Gasteiger partial charge in [-0.3, -0.25) is 14.4 Å². The van der Waals surface area contributed by atoms with Crippen molar-refractivity contribution in [3.63, 3.8) is 0 Å². The Hall–Kier alpha value is -4.31. The number of ketones is 1. The second-order valence-corrected chi connectivity index (χ2v) is 12.6. The standard InChI is InChI=1S/C20H24N2O3.C14H14ClN3O.C6H14/c1-15(23)16-4-6-17(7-5-16)19-3-2-12-22(20(19)24)13-14-25-18-8-10-21-11-9-18;1-9-11(4-3-5-12(9)16-2)14(19)18-13-7-6-10(15)8-17-13;1-3-5-6-4-2/h2-7,12,18,21H,8-11,13-14H2,1H3;3-8,16H,1-2H3,(H,17,18,19);3-6H2,1-2H3. The first-order valence-corrected chi connectivity index (χ1v) is 17.9. The van der Waals surface area contributed by atoms with E-state index in [0.29, 0.717) is 46.8 Å². The number of ether oxygens (including phenoxy) is 1. The molecule has 3 N–H and O–H groups in total. The molecule has 1 aliphatic heterocycles. The first-order chi connectivity index (χ1) is 24.2. The molecule has 0 spiro atoms. The lowest BCUT2D eigenvalue weighted by Gasteiger charge is -2.23. The average Bonchev–Trinajstić information content (AvgIpc) is 3.13. The zero-order chi connectivity index (χ0) is 36.3. The zero-order valence-corrected chi connectivity index (χ0v) is 30.8. The molecule has 0 unspecified atom stereocenters. The number of halogens is 1. The van der Waals surface area contributed by atoms with E-state index in [9.17, 15) is 14.4 Å². The molecule has 1 amide bonds. The number of piperidine rings is 1. The van der Waals surface area contributed by atoms with Crippen molar-refractivity contribution >= 4 is 34.8 Å². The molecule has 50 heavy (non-hydrogen) atoms. The van der Waals surface area contributed by atoms with E-state index >= 15 is 0 Å². The molecule has 9 nitrogen and oxygen atoms in total. The minimum Gasteiger partial charge on any atom is -0.388 e. The summed E-state index contributed by atoms with van der Waals surface area (Å²) in [6.45, 7) is 11.0. The van der Waals surface area contributed by atoms with Gasteiger partial charge in [0, 0.05) is 48.4 Å². The molecule has 1 aliphatic rings. The van der Waals surface area contributed by atoms with Crippen LogP contribution in [0.2, 0.25) is 5.02 Å². The summed E-state index contributed by atoms with van der Waals surface area (Å²) in [5.74, 6) is 0.306. The quantitative estimate of drug-likeness (QED) is 0.100. The second-order valence-electron chi connectivity index (χ2n) is 12.1. The second kappa shape index (κ2) is 21.7. The molecule has 5 rings (SSSR count). The van der Waals surface area contributed by atoms with Gasteiger partial charge in [0.25, 0.3) is 11.5 Å². The van der Waals surface area contributed by atoms with Crippen molar-refractivity contribution in [2.75, 3.05) is 37.4 Å². The predicted molar refractivity (Wildman–Crippen MR) is 206 cm³/mol. The molecular formula is C40H52ClN5O4. The fourth-order valence-corrected chi connectivity index (χ4v) is 5.49. The van der Waals surface area contributed by atoms with Gasteiger partial charge in [-0.2, -0.15) is 0 Å². The number of amides is 1. The van der Waals surface area contributed by atoms with Crippen LogP contribution in [0.3, 0.4) is 0 Å². The van der Waals surface area contributed by atoms with Crippen molar-refractivity contribution in [3.8, 4) is 11.1 Å². The summed E-state index contributed by atoms with van der Waals surface area (Å²) in [5, 5.41) is 9.64. The van der Waals surface area contributed by atoms with E-state index in [1.165, 1.54) is 38.8 Å². The first-order valence-electron chi connectivity index (χ1n) is 17.5. The van der Waals surface area contributed by atoms with Crippen LogP contribution in [-0.4, -0.2) is 54.1 Å². The maximum atomic E-state index is 12.7. The highest BCUT2D eigenvalue weighted by atomic mass is 35.5. The number of carbonyl (C=O) groups is 2. The van der Waals surface area contributed by atoms with E-state index in [1.54, 1.807) is 41.1 Å². The minimum atomic E-state index is -0.190. The van der Waals surface area contributed by atoms with Crippen LogP contribution in [0.1, 0.15) is 85.6 Å². The number of pyridine rings is 2. The first kappa shape index (κ1) is 40.1. The highest BCUT2D eigenvalue weighted by Gasteiger charge is 2.14. The van der Waals surface area contributed by atoms with E-state index in [-0.39, 0.29) is 17.2 Å². The molecule has 0 aliphatic carbocycles. The number of nitrogens with one attached hydrogen (secondary N) is 3. The number of hydrogen-bond donors (Lipinski definition) is 3. The van der Waals surface area contributed by atoms with Crippen LogP contribution >= 0.6 is 11.6 Å². The molecule has 0 atom stereocenters. The SMILES string of the molecule is CC(=O)c1ccc(-c2cccn(CCOC3CCNCC3)c2=O)cc1.CCCCCC.CNc1cccc(C(=O)Nc2ccc(Cl)cn2)c1C. The monoisotopic (exact) mass is 701 g/mol.